The molecular formula is C24H26FN7O3. The second-order valence-electron chi connectivity index (χ2n) is 8.40. The molecule has 1 amide bonds. The third-order valence-electron chi connectivity index (χ3n) is 5.87. The molecule has 1 saturated heterocycles. The molecule has 2 aliphatic rings. The number of carbonyl (C=O) groups is 1. The molecule has 2 aliphatic heterocycles. The fraction of sp³-hybridized carbons (Fsp3) is 0.292. The van der Waals surface area contributed by atoms with Crippen LogP contribution >= 0.6 is 0 Å². The highest BCUT2D eigenvalue weighted by molar-refractivity contribution is 5.96. The maximum atomic E-state index is 14.5. The van der Waals surface area contributed by atoms with E-state index < -0.39 is 5.82 Å². The number of hydrogen-bond acceptors (Lipinski definition) is 9. The van der Waals surface area contributed by atoms with E-state index in [0.717, 1.165) is 43.8 Å². The maximum absolute atomic E-state index is 14.5. The maximum Gasteiger partial charge on any atom is 0.262 e. The highest BCUT2D eigenvalue weighted by Crippen LogP contribution is 2.32. The van der Waals surface area contributed by atoms with Crippen LogP contribution in [0.3, 0.4) is 0 Å². The molecule has 3 aromatic rings. The smallest absolute Gasteiger partial charge is 0.262 e. The summed E-state index contributed by atoms with van der Waals surface area (Å²) in [6.45, 7) is 3.76. The zero-order valence-electron chi connectivity index (χ0n) is 19.5. The predicted molar refractivity (Wildman–Crippen MR) is 132 cm³/mol. The average molecular weight is 480 g/mol. The van der Waals surface area contributed by atoms with Gasteiger partial charge < -0.3 is 35.2 Å². The second kappa shape index (κ2) is 9.63. The first-order valence-corrected chi connectivity index (χ1v) is 11.2. The average Bonchev–Trinajstić information content (AvgIpc) is 2.86. The van der Waals surface area contributed by atoms with Crippen LogP contribution in [-0.2, 0) is 4.79 Å². The minimum absolute atomic E-state index is 0.00677. The Hall–Kier alpha value is -4.12. The Labute approximate surface area is 202 Å². The van der Waals surface area contributed by atoms with Crippen LogP contribution in [0.1, 0.15) is 0 Å². The van der Waals surface area contributed by atoms with Gasteiger partial charge in [0.2, 0.25) is 5.95 Å². The SMILES string of the molecule is COc1cc(Nc2ncc(F)c(Nc3ccc4c(c3)NC(=O)CO4)n2)cc(N2CCN(C)CC2)c1. The summed E-state index contributed by atoms with van der Waals surface area (Å²) in [4.78, 5) is 24.6. The lowest BCUT2D eigenvalue weighted by Gasteiger charge is -2.34. The fourth-order valence-corrected chi connectivity index (χ4v) is 3.96. The quantitative estimate of drug-likeness (QED) is 0.492. The molecule has 0 atom stereocenters. The number of likely N-dealkylation sites (N-methyl/N-ethyl adjacent to an activating group) is 1. The van der Waals surface area contributed by atoms with Crippen molar-refractivity contribution in [1.29, 1.82) is 0 Å². The van der Waals surface area contributed by atoms with E-state index in [4.69, 9.17) is 9.47 Å². The monoisotopic (exact) mass is 479 g/mol. The molecule has 1 fully saturated rings. The molecule has 0 spiro atoms. The van der Waals surface area contributed by atoms with Crippen LogP contribution in [0.5, 0.6) is 11.5 Å². The first-order valence-electron chi connectivity index (χ1n) is 11.2. The number of methoxy groups -OCH3 is 1. The minimum Gasteiger partial charge on any atom is -0.497 e. The van der Waals surface area contributed by atoms with Gasteiger partial charge in [-0.25, -0.2) is 9.37 Å². The van der Waals surface area contributed by atoms with Crippen molar-refractivity contribution in [3.63, 3.8) is 0 Å². The summed E-state index contributed by atoms with van der Waals surface area (Å²) < 4.78 is 25.4. The number of fused-ring (bicyclic) bond motifs is 1. The number of rotatable bonds is 6. The molecule has 1 aromatic heterocycles. The van der Waals surface area contributed by atoms with Gasteiger partial charge in [-0.2, -0.15) is 4.98 Å². The molecule has 3 heterocycles. The Balaban J connectivity index is 1.36. The Morgan fingerprint density at radius 3 is 2.71 bits per heavy atom. The van der Waals surface area contributed by atoms with Gasteiger partial charge in [0.15, 0.2) is 18.2 Å². The summed E-state index contributed by atoms with van der Waals surface area (Å²) in [6.07, 6.45) is 1.10. The molecule has 0 unspecified atom stereocenters. The third kappa shape index (κ3) is 5.19. The van der Waals surface area contributed by atoms with Gasteiger partial charge in [0.25, 0.3) is 5.91 Å². The summed E-state index contributed by atoms with van der Waals surface area (Å²) in [5.74, 6) is 0.604. The third-order valence-corrected chi connectivity index (χ3v) is 5.87. The van der Waals surface area contributed by atoms with E-state index in [-0.39, 0.29) is 24.3 Å². The molecule has 0 radical (unpaired) electrons. The van der Waals surface area contributed by atoms with Crippen molar-refractivity contribution in [3.8, 4) is 11.5 Å². The zero-order valence-corrected chi connectivity index (χ0v) is 19.5. The highest BCUT2D eigenvalue weighted by atomic mass is 19.1. The van der Waals surface area contributed by atoms with Crippen LogP contribution in [0.2, 0.25) is 0 Å². The van der Waals surface area contributed by atoms with Crippen molar-refractivity contribution in [1.82, 2.24) is 14.9 Å². The Morgan fingerprint density at radius 1 is 1.09 bits per heavy atom. The lowest BCUT2D eigenvalue weighted by atomic mass is 10.2. The summed E-state index contributed by atoms with van der Waals surface area (Å²) in [6, 6.07) is 10.9. The van der Waals surface area contributed by atoms with E-state index in [9.17, 15) is 9.18 Å². The van der Waals surface area contributed by atoms with Crippen molar-refractivity contribution in [2.45, 2.75) is 0 Å². The molecule has 11 heteroatoms. The van der Waals surface area contributed by atoms with Gasteiger partial charge >= 0.3 is 0 Å². The molecular weight excluding hydrogens is 453 g/mol. The molecule has 0 aliphatic carbocycles. The Morgan fingerprint density at radius 2 is 1.91 bits per heavy atom. The van der Waals surface area contributed by atoms with Crippen LogP contribution in [0.25, 0.3) is 0 Å². The number of halogens is 1. The first kappa shape index (κ1) is 22.7. The normalized spacial score (nSPS) is 15.6. The summed E-state index contributed by atoms with van der Waals surface area (Å²) in [5, 5.41) is 8.82. The molecule has 0 saturated carbocycles. The number of anilines is 6. The van der Waals surface area contributed by atoms with Gasteiger partial charge in [0.05, 0.1) is 19.0 Å². The molecule has 0 bridgehead atoms. The van der Waals surface area contributed by atoms with Crippen molar-refractivity contribution >= 4 is 40.4 Å². The van der Waals surface area contributed by atoms with Crippen molar-refractivity contribution in [2.24, 2.45) is 0 Å². The van der Waals surface area contributed by atoms with Crippen LogP contribution in [0.4, 0.5) is 38.9 Å². The van der Waals surface area contributed by atoms with Gasteiger partial charge in [0.1, 0.15) is 11.5 Å². The number of amides is 1. The number of aromatic nitrogens is 2. The van der Waals surface area contributed by atoms with Crippen LogP contribution in [0.15, 0.2) is 42.6 Å². The highest BCUT2D eigenvalue weighted by Gasteiger charge is 2.18. The van der Waals surface area contributed by atoms with Crippen LogP contribution in [-0.4, -0.2) is 67.7 Å². The molecule has 10 nitrogen and oxygen atoms in total. The van der Waals surface area contributed by atoms with E-state index >= 15 is 0 Å². The molecule has 2 aromatic carbocycles. The number of nitrogens with one attached hydrogen (secondary N) is 3. The molecule has 3 N–H and O–H groups in total. The standard InChI is InChI=1S/C24H26FN7O3/c1-31-5-7-32(8-6-31)17-9-16(10-18(12-17)34-2)28-24-26-13-19(25)23(30-24)27-15-3-4-21-20(11-15)29-22(33)14-35-21/h3-4,9-13H,5-8,14H2,1-2H3,(H,29,33)(H2,26,27,28,30). The lowest BCUT2D eigenvalue weighted by Crippen LogP contribution is -2.44. The summed E-state index contributed by atoms with van der Waals surface area (Å²) >= 11 is 0. The number of piperazine rings is 1. The van der Waals surface area contributed by atoms with Crippen molar-refractivity contribution in [2.75, 3.05) is 67.8 Å². The summed E-state index contributed by atoms with van der Waals surface area (Å²) in [5.41, 5.74) is 2.80. The van der Waals surface area contributed by atoms with Gasteiger partial charge in [-0.05, 0) is 31.3 Å². The van der Waals surface area contributed by atoms with E-state index in [1.165, 1.54) is 0 Å². The fourth-order valence-electron chi connectivity index (χ4n) is 3.96. The second-order valence-corrected chi connectivity index (χ2v) is 8.40. The van der Waals surface area contributed by atoms with E-state index in [1.807, 2.05) is 18.2 Å². The largest absolute Gasteiger partial charge is 0.497 e. The van der Waals surface area contributed by atoms with Gasteiger partial charge in [0, 0.05) is 55.4 Å². The number of ether oxygens (including phenoxy) is 2. The topological polar surface area (TPSA) is 104 Å². The Bertz CT molecular complexity index is 1250. The zero-order chi connectivity index (χ0) is 24.4. The van der Waals surface area contributed by atoms with Gasteiger partial charge in [-0.1, -0.05) is 0 Å². The predicted octanol–water partition coefficient (Wildman–Crippen LogP) is 3.19. The van der Waals surface area contributed by atoms with Crippen molar-refractivity contribution < 1.29 is 18.7 Å². The van der Waals surface area contributed by atoms with Crippen LogP contribution < -0.4 is 30.3 Å². The number of benzene rings is 2. The Kier molecular flexibility index (Phi) is 6.23. The van der Waals surface area contributed by atoms with E-state index in [0.29, 0.717) is 22.9 Å². The number of nitrogens with zero attached hydrogens (tertiary/aromatic N) is 4. The van der Waals surface area contributed by atoms with Crippen LogP contribution in [0, 0.1) is 5.82 Å². The van der Waals surface area contributed by atoms with Crippen molar-refractivity contribution in [3.05, 3.63) is 48.4 Å². The molecule has 5 rings (SSSR count). The number of carbonyl (C=O) groups excluding carboxylic acids is 1. The van der Waals surface area contributed by atoms with Gasteiger partial charge in [-0.15, -0.1) is 0 Å². The van der Waals surface area contributed by atoms with E-state index in [2.05, 4.69) is 42.8 Å². The summed E-state index contributed by atoms with van der Waals surface area (Å²) in [7, 11) is 3.73. The number of hydrogen-bond donors (Lipinski definition) is 3. The van der Waals surface area contributed by atoms with E-state index in [1.54, 1.807) is 25.3 Å². The lowest BCUT2D eigenvalue weighted by molar-refractivity contribution is -0.118. The molecule has 182 valence electrons. The molecule has 35 heavy (non-hydrogen) atoms. The van der Waals surface area contributed by atoms with Gasteiger partial charge in [-0.3, -0.25) is 4.79 Å². The first-order chi connectivity index (χ1) is 17.0. The minimum atomic E-state index is -0.614.